The van der Waals surface area contributed by atoms with E-state index in [0.717, 1.165) is 29.9 Å². The number of hydrogen-bond acceptors (Lipinski definition) is 3. The molecule has 4 heteroatoms. The molecule has 0 saturated heterocycles. The van der Waals surface area contributed by atoms with Crippen molar-refractivity contribution in [2.24, 2.45) is 0 Å². The van der Waals surface area contributed by atoms with Crippen molar-refractivity contribution < 1.29 is 0 Å². The van der Waals surface area contributed by atoms with Crippen LogP contribution in [-0.4, -0.2) is 28.8 Å². The van der Waals surface area contributed by atoms with Crippen molar-refractivity contribution in [3.8, 4) is 11.3 Å². The van der Waals surface area contributed by atoms with Crippen LogP contribution in [0.5, 0.6) is 0 Å². The molecule has 0 atom stereocenters. The Morgan fingerprint density at radius 1 is 1.47 bits per heavy atom. The molecule has 2 aromatic heterocycles. The van der Waals surface area contributed by atoms with Crippen LogP contribution < -0.4 is 5.32 Å². The predicted octanol–water partition coefficient (Wildman–Crippen LogP) is 1.23. The number of hydrogen-bond donors (Lipinski definition) is 2. The van der Waals surface area contributed by atoms with Gasteiger partial charge in [0.25, 0.3) is 0 Å². The molecular formula is C11H14N4. The number of H-pyrrole nitrogens is 1. The molecule has 0 aliphatic heterocycles. The van der Waals surface area contributed by atoms with E-state index in [-0.39, 0.29) is 0 Å². The third-order valence-electron chi connectivity index (χ3n) is 2.23. The molecule has 2 N–H and O–H groups in total. The van der Waals surface area contributed by atoms with Crippen LogP contribution in [0.4, 0.5) is 0 Å². The zero-order valence-electron chi connectivity index (χ0n) is 8.70. The number of aromatic amines is 1. The Balaban J connectivity index is 2.14. The van der Waals surface area contributed by atoms with E-state index >= 15 is 0 Å². The van der Waals surface area contributed by atoms with Gasteiger partial charge in [0, 0.05) is 36.6 Å². The highest BCUT2D eigenvalue weighted by Crippen LogP contribution is 2.15. The Morgan fingerprint density at radius 3 is 3.13 bits per heavy atom. The standard InChI is InChI=1S/C11H14N4/c1-12-6-4-10-7-11(15-14-10)9-3-2-5-13-8-9/h2-3,5,7-8,12H,4,6H2,1H3,(H,14,15). The number of nitrogens with one attached hydrogen (secondary N) is 2. The van der Waals surface area contributed by atoms with Gasteiger partial charge in [0.1, 0.15) is 0 Å². The fraction of sp³-hybridized carbons (Fsp3) is 0.273. The zero-order chi connectivity index (χ0) is 10.5. The highest BCUT2D eigenvalue weighted by atomic mass is 15.1. The fourth-order valence-electron chi connectivity index (χ4n) is 1.41. The number of pyridine rings is 1. The Labute approximate surface area is 88.8 Å². The summed E-state index contributed by atoms with van der Waals surface area (Å²) in [6, 6.07) is 5.98. The molecule has 0 aliphatic carbocycles. The first-order valence-electron chi connectivity index (χ1n) is 4.99. The molecule has 15 heavy (non-hydrogen) atoms. The first-order valence-corrected chi connectivity index (χ1v) is 4.99. The molecule has 0 aliphatic rings. The lowest BCUT2D eigenvalue weighted by Crippen LogP contribution is -2.10. The Kier molecular flexibility index (Phi) is 3.09. The lowest BCUT2D eigenvalue weighted by Gasteiger charge is -1.94. The van der Waals surface area contributed by atoms with E-state index in [1.807, 2.05) is 25.4 Å². The molecule has 0 aromatic carbocycles. The highest BCUT2D eigenvalue weighted by Gasteiger charge is 2.02. The quantitative estimate of drug-likeness (QED) is 0.784. The summed E-state index contributed by atoms with van der Waals surface area (Å²) in [6.45, 7) is 0.953. The molecule has 0 unspecified atom stereocenters. The van der Waals surface area contributed by atoms with E-state index in [1.54, 1.807) is 6.20 Å². The Morgan fingerprint density at radius 2 is 2.40 bits per heavy atom. The van der Waals surface area contributed by atoms with Gasteiger partial charge in [-0.05, 0) is 25.2 Å². The average molecular weight is 202 g/mol. The van der Waals surface area contributed by atoms with Gasteiger partial charge in [-0.3, -0.25) is 10.1 Å². The Bertz CT molecular complexity index is 408. The minimum absolute atomic E-state index is 0.953. The van der Waals surface area contributed by atoms with Crippen LogP contribution in [0.3, 0.4) is 0 Å². The van der Waals surface area contributed by atoms with Gasteiger partial charge in [-0.25, -0.2) is 0 Å². The number of likely N-dealkylation sites (N-methyl/N-ethyl adjacent to an activating group) is 1. The number of rotatable bonds is 4. The van der Waals surface area contributed by atoms with E-state index in [9.17, 15) is 0 Å². The summed E-state index contributed by atoms with van der Waals surface area (Å²) in [4.78, 5) is 4.07. The molecule has 2 rings (SSSR count). The largest absolute Gasteiger partial charge is 0.319 e. The maximum absolute atomic E-state index is 4.25. The molecule has 0 saturated carbocycles. The number of nitrogens with zero attached hydrogens (tertiary/aromatic N) is 2. The van der Waals surface area contributed by atoms with E-state index in [0.29, 0.717) is 0 Å². The maximum atomic E-state index is 4.25. The first-order chi connectivity index (χ1) is 7.40. The first kappa shape index (κ1) is 9.86. The normalized spacial score (nSPS) is 10.5. The molecule has 0 radical (unpaired) electrons. The van der Waals surface area contributed by atoms with Crippen molar-refractivity contribution in [3.63, 3.8) is 0 Å². The maximum Gasteiger partial charge on any atom is 0.0939 e. The van der Waals surface area contributed by atoms with Gasteiger partial charge in [-0.15, -0.1) is 0 Å². The van der Waals surface area contributed by atoms with Crippen molar-refractivity contribution in [2.45, 2.75) is 6.42 Å². The molecule has 0 fully saturated rings. The van der Waals surface area contributed by atoms with Crippen LogP contribution in [0.1, 0.15) is 5.69 Å². The summed E-state index contributed by atoms with van der Waals surface area (Å²) in [5, 5.41) is 10.4. The summed E-state index contributed by atoms with van der Waals surface area (Å²) in [5.41, 5.74) is 3.14. The average Bonchev–Trinajstić information content (AvgIpc) is 2.76. The van der Waals surface area contributed by atoms with Crippen LogP contribution in [0.25, 0.3) is 11.3 Å². The van der Waals surface area contributed by atoms with E-state index in [4.69, 9.17) is 0 Å². The van der Waals surface area contributed by atoms with Crippen LogP contribution in [-0.2, 0) is 6.42 Å². The van der Waals surface area contributed by atoms with Crippen LogP contribution in [0.15, 0.2) is 30.6 Å². The minimum Gasteiger partial charge on any atom is -0.319 e. The molecule has 2 aromatic rings. The predicted molar refractivity (Wildman–Crippen MR) is 59.4 cm³/mol. The topological polar surface area (TPSA) is 53.6 Å². The zero-order valence-corrected chi connectivity index (χ0v) is 8.70. The van der Waals surface area contributed by atoms with Gasteiger partial charge in [-0.2, -0.15) is 5.10 Å². The van der Waals surface area contributed by atoms with E-state index in [1.165, 1.54) is 0 Å². The number of aromatic nitrogens is 3. The van der Waals surface area contributed by atoms with Crippen LogP contribution in [0.2, 0.25) is 0 Å². The second-order valence-electron chi connectivity index (χ2n) is 3.37. The smallest absolute Gasteiger partial charge is 0.0939 e. The van der Waals surface area contributed by atoms with E-state index < -0.39 is 0 Å². The van der Waals surface area contributed by atoms with Crippen molar-refractivity contribution in [1.29, 1.82) is 0 Å². The van der Waals surface area contributed by atoms with E-state index in [2.05, 4.69) is 26.6 Å². The second-order valence-corrected chi connectivity index (χ2v) is 3.37. The lowest BCUT2D eigenvalue weighted by atomic mass is 10.2. The summed E-state index contributed by atoms with van der Waals surface area (Å²) in [6.07, 6.45) is 4.54. The van der Waals surface area contributed by atoms with Crippen molar-refractivity contribution >= 4 is 0 Å². The SMILES string of the molecule is CNCCc1cc(-c2cccnc2)n[nH]1. The molecular weight excluding hydrogens is 188 g/mol. The molecule has 4 nitrogen and oxygen atoms in total. The fourth-order valence-corrected chi connectivity index (χ4v) is 1.41. The molecule has 0 amide bonds. The molecule has 0 spiro atoms. The van der Waals surface area contributed by atoms with Gasteiger partial charge in [-0.1, -0.05) is 0 Å². The van der Waals surface area contributed by atoms with Gasteiger partial charge < -0.3 is 5.32 Å². The summed E-state index contributed by atoms with van der Waals surface area (Å²) >= 11 is 0. The third-order valence-corrected chi connectivity index (χ3v) is 2.23. The Hall–Kier alpha value is -1.68. The van der Waals surface area contributed by atoms with Gasteiger partial charge in [0.2, 0.25) is 0 Å². The van der Waals surface area contributed by atoms with Gasteiger partial charge in [0.05, 0.1) is 5.69 Å². The minimum atomic E-state index is 0.953. The van der Waals surface area contributed by atoms with Crippen molar-refractivity contribution in [2.75, 3.05) is 13.6 Å². The summed E-state index contributed by atoms with van der Waals surface area (Å²) in [5.74, 6) is 0. The van der Waals surface area contributed by atoms with Crippen LogP contribution >= 0.6 is 0 Å². The van der Waals surface area contributed by atoms with Gasteiger partial charge >= 0.3 is 0 Å². The second kappa shape index (κ2) is 4.70. The van der Waals surface area contributed by atoms with Crippen LogP contribution in [0, 0.1) is 0 Å². The van der Waals surface area contributed by atoms with Crippen molar-refractivity contribution in [1.82, 2.24) is 20.5 Å². The monoisotopic (exact) mass is 202 g/mol. The highest BCUT2D eigenvalue weighted by molar-refractivity contribution is 5.57. The van der Waals surface area contributed by atoms with Gasteiger partial charge in [0.15, 0.2) is 0 Å². The summed E-state index contributed by atoms with van der Waals surface area (Å²) in [7, 11) is 1.94. The molecule has 0 bridgehead atoms. The third kappa shape index (κ3) is 2.41. The summed E-state index contributed by atoms with van der Waals surface area (Å²) < 4.78 is 0. The molecule has 78 valence electrons. The lowest BCUT2D eigenvalue weighted by molar-refractivity contribution is 0.772. The van der Waals surface area contributed by atoms with Crippen molar-refractivity contribution in [3.05, 3.63) is 36.3 Å². The molecule has 2 heterocycles.